The molecule has 0 bridgehead atoms. The molecule has 1 unspecified atom stereocenters. The summed E-state index contributed by atoms with van der Waals surface area (Å²) in [6.45, 7) is 9.75. The molecule has 1 aromatic carbocycles. The third kappa shape index (κ3) is 10.3. The number of amides is 2. The van der Waals surface area contributed by atoms with E-state index in [0.29, 0.717) is 26.4 Å². The number of morpholine rings is 1. The van der Waals surface area contributed by atoms with Crippen molar-refractivity contribution in [3.8, 4) is 0 Å². The van der Waals surface area contributed by atoms with Crippen LogP contribution in [-0.4, -0.2) is 116 Å². The molecule has 3 N–H and O–H groups in total. The number of oxime groups is 1. The summed E-state index contributed by atoms with van der Waals surface area (Å²) in [6, 6.07) is 3.70. The van der Waals surface area contributed by atoms with Gasteiger partial charge >= 0.3 is 35.5 Å². The van der Waals surface area contributed by atoms with E-state index in [4.69, 9.17) is 9.57 Å². The van der Waals surface area contributed by atoms with E-state index in [1.165, 1.54) is 30.1 Å². The van der Waals surface area contributed by atoms with Gasteiger partial charge in [0.2, 0.25) is 15.9 Å². The van der Waals surface area contributed by atoms with Gasteiger partial charge in [-0.15, -0.1) is 11.8 Å². The van der Waals surface area contributed by atoms with Crippen LogP contribution in [0.1, 0.15) is 45.6 Å². The quantitative estimate of drug-likeness (QED) is 0.0535. The van der Waals surface area contributed by atoms with E-state index in [2.05, 4.69) is 20.1 Å². The van der Waals surface area contributed by atoms with Crippen molar-refractivity contribution in [2.24, 2.45) is 5.16 Å². The van der Waals surface area contributed by atoms with Crippen molar-refractivity contribution in [2.45, 2.75) is 67.8 Å². The summed E-state index contributed by atoms with van der Waals surface area (Å²) in [5, 5.41) is 27.3. The number of carbonyl (C=O) groups is 4. The topological polar surface area (TPSA) is 207 Å². The van der Waals surface area contributed by atoms with Gasteiger partial charge < -0.3 is 29.9 Å². The Labute approximate surface area is 306 Å². The zero-order chi connectivity index (χ0) is 34.4. The largest absolute Gasteiger partial charge is 1.00 e. The maximum Gasteiger partial charge on any atom is 1.00 e. The van der Waals surface area contributed by atoms with Crippen LogP contribution in [0.25, 0.3) is 0 Å². The van der Waals surface area contributed by atoms with Crippen molar-refractivity contribution in [3.05, 3.63) is 41.1 Å². The van der Waals surface area contributed by atoms with Gasteiger partial charge in [-0.3, -0.25) is 24.2 Å². The molecule has 18 heteroatoms. The Hall–Kier alpha value is -2.51. The number of β-lactam (4-membered cyclic amide) rings is 1. The molecule has 3 atom stereocenters. The van der Waals surface area contributed by atoms with Gasteiger partial charge in [-0.05, 0) is 36.0 Å². The van der Waals surface area contributed by atoms with Crippen LogP contribution in [-0.2, 0) is 44.2 Å². The van der Waals surface area contributed by atoms with Gasteiger partial charge in [0.15, 0.2) is 0 Å². The second-order valence-electron chi connectivity index (χ2n) is 12.3. The number of nitrogens with zero attached hydrogens (tertiary/aromatic N) is 3. The number of aliphatic carboxylic acids is 2. The van der Waals surface area contributed by atoms with Crippen LogP contribution in [0.4, 0.5) is 0 Å². The number of nitrogens with one attached hydrogen (secondary N) is 2. The zero-order valence-corrected chi connectivity index (χ0v) is 31.1. The number of ether oxygens (including phenoxy) is 1. The third-order valence-corrected chi connectivity index (χ3v) is 10.7. The molecule has 3 heterocycles. The van der Waals surface area contributed by atoms with Crippen molar-refractivity contribution in [3.63, 3.8) is 0 Å². The summed E-state index contributed by atoms with van der Waals surface area (Å²) in [6.07, 6.45) is 0.892. The molecule has 0 spiro atoms. The molecule has 2 amide bonds. The average molecular weight is 718 g/mol. The van der Waals surface area contributed by atoms with Gasteiger partial charge in [0, 0.05) is 37.4 Å². The van der Waals surface area contributed by atoms with Gasteiger partial charge in [0.25, 0.3) is 5.91 Å². The second-order valence-corrected chi connectivity index (χ2v) is 15.1. The number of fused-ring (bicyclic) bond motifs is 1. The molecule has 0 aromatic heterocycles. The summed E-state index contributed by atoms with van der Waals surface area (Å²) in [7, 11) is -4.15. The Morgan fingerprint density at radius 1 is 1.21 bits per heavy atom. The summed E-state index contributed by atoms with van der Waals surface area (Å²) >= 11 is 1.24. The number of carboxylic acid groups (broad SMARTS) is 2. The van der Waals surface area contributed by atoms with E-state index in [1.807, 2.05) is 20.8 Å². The average Bonchev–Trinajstić information content (AvgIpc) is 3.02. The van der Waals surface area contributed by atoms with Crippen molar-refractivity contribution in [2.75, 3.05) is 45.2 Å². The van der Waals surface area contributed by atoms with Crippen molar-refractivity contribution >= 4 is 51.8 Å². The first-order valence-corrected chi connectivity index (χ1v) is 17.7. The molecule has 4 rings (SSSR count). The Morgan fingerprint density at radius 3 is 2.48 bits per heavy atom. The van der Waals surface area contributed by atoms with Crippen LogP contribution in [0.2, 0.25) is 0 Å². The summed E-state index contributed by atoms with van der Waals surface area (Å²) < 4.78 is 33.2. The fourth-order valence-corrected chi connectivity index (χ4v) is 7.73. The molecule has 3 aliphatic rings. The normalized spacial score (nSPS) is 20.8. The molecule has 0 aliphatic carbocycles. The molecule has 48 heavy (non-hydrogen) atoms. The van der Waals surface area contributed by atoms with Gasteiger partial charge in [-0.2, -0.15) is 4.72 Å². The van der Waals surface area contributed by atoms with Crippen molar-refractivity contribution in [1.82, 2.24) is 19.8 Å². The van der Waals surface area contributed by atoms with Gasteiger partial charge in [0.1, 0.15) is 24.1 Å². The summed E-state index contributed by atoms with van der Waals surface area (Å²) in [5.41, 5.74) is 0.622. The van der Waals surface area contributed by atoms with E-state index in [9.17, 15) is 37.8 Å². The second kappa shape index (κ2) is 17.4. The van der Waals surface area contributed by atoms with Crippen molar-refractivity contribution in [1.29, 1.82) is 0 Å². The standard InChI is InChI=1S/C30H41N5O10S2.Na/c1-30(2,3)20-7-9-21(10-8-20)47(42,43)33-22(28(38)39)5-4-6-23(36)32-24-26(37)35-25(29(40)41)19(18-46-27(24)35)17-31-45-16-13-34-11-14-44-15-12-34;/h7-10,17,22,24,27,33H,4-6,11-16,18H2,1-3H3,(H,32,36)(H,38,39)(H,40,41);/q;+1/p-1/t22?,24-,27+;/m1./s1. The number of sulfonamides is 1. The zero-order valence-electron chi connectivity index (χ0n) is 27.5. The Kier molecular flexibility index (Phi) is 14.5. The number of benzene rings is 1. The third-order valence-electron chi connectivity index (χ3n) is 7.92. The van der Waals surface area contributed by atoms with E-state index < -0.39 is 51.2 Å². The first-order valence-electron chi connectivity index (χ1n) is 15.2. The molecule has 1 aromatic rings. The number of hydrogen-bond acceptors (Lipinski definition) is 12. The van der Waals surface area contributed by atoms with Crippen LogP contribution >= 0.6 is 11.8 Å². The monoisotopic (exact) mass is 717 g/mol. The summed E-state index contributed by atoms with van der Waals surface area (Å²) in [4.78, 5) is 57.7. The number of rotatable bonds is 15. The Morgan fingerprint density at radius 2 is 1.88 bits per heavy atom. The first-order chi connectivity index (χ1) is 22.2. The minimum absolute atomic E-state index is 0. The predicted molar refractivity (Wildman–Crippen MR) is 169 cm³/mol. The molecule has 2 fully saturated rings. The Bertz CT molecular complexity index is 1510. The molecule has 0 radical (unpaired) electrons. The SMILES string of the molecule is CC(C)(C)c1ccc(S(=O)(=O)NC(CCCC(=O)N[C@@H]2C(=O)N3C(C(=O)[O-])=C(C=NOCCN4CCOCC4)CS[C@@H]23)C(=O)O)cc1.[Na+]. The molecule has 0 saturated carbocycles. The maximum atomic E-state index is 12.9. The molecule has 15 nitrogen and oxygen atoms in total. The van der Waals surface area contributed by atoms with Crippen LogP contribution in [0, 0.1) is 0 Å². The van der Waals surface area contributed by atoms with Gasteiger partial charge in [-0.1, -0.05) is 38.1 Å². The van der Waals surface area contributed by atoms with E-state index in [1.54, 1.807) is 12.1 Å². The molecular weight excluding hydrogens is 677 g/mol. The van der Waals surface area contributed by atoms with E-state index >= 15 is 0 Å². The fraction of sp³-hybridized carbons (Fsp3) is 0.567. The van der Waals surface area contributed by atoms with Crippen molar-refractivity contribution < 1.29 is 76.9 Å². The fourth-order valence-electron chi connectivity index (χ4n) is 5.21. The predicted octanol–water partition coefficient (Wildman–Crippen LogP) is -3.37. The van der Waals surface area contributed by atoms with Crippen LogP contribution in [0.3, 0.4) is 0 Å². The minimum Gasteiger partial charge on any atom is -0.543 e. The van der Waals surface area contributed by atoms with Crippen LogP contribution < -0.4 is 44.7 Å². The minimum atomic E-state index is -4.15. The molecule has 3 aliphatic heterocycles. The van der Waals surface area contributed by atoms with E-state index in [-0.39, 0.29) is 76.2 Å². The van der Waals surface area contributed by atoms with Gasteiger partial charge in [0.05, 0.1) is 36.0 Å². The number of thioether (sulfide) groups is 1. The number of hydrogen-bond donors (Lipinski definition) is 3. The summed E-state index contributed by atoms with van der Waals surface area (Å²) in [5.74, 6) is -3.97. The van der Waals surface area contributed by atoms with Gasteiger partial charge in [-0.25, -0.2) is 8.42 Å². The molecule has 258 valence electrons. The first kappa shape index (κ1) is 39.9. The van der Waals surface area contributed by atoms with Crippen LogP contribution in [0.15, 0.2) is 45.6 Å². The molecular formula is C30H40N5NaO10S2. The van der Waals surface area contributed by atoms with E-state index in [0.717, 1.165) is 23.6 Å². The van der Waals surface area contributed by atoms with Crippen LogP contribution in [0.5, 0.6) is 0 Å². The number of carbonyl (C=O) groups excluding carboxylic acids is 3. The smallest absolute Gasteiger partial charge is 0.543 e. The Balaban J connectivity index is 0.00000625. The molecule has 2 saturated heterocycles. The maximum absolute atomic E-state index is 12.9. The number of carboxylic acids is 2.